The number of hydrogen-bond acceptors (Lipinski definition) is 1. The van der Waals surface area contributed by atoms with E-state index in [1.54, 1.807) is 12.1 Å². The first-order valence-corrected chi connectivity index (χ1v) is 3.30. The Morgan fingerprint density at radius 1 is 1.25 bits per heavy atom. The van der Waals surface area contributed by atoms with Gasteiger partial charge in [-0.3, -0.25) is 0 Å². The van der Waals surface area contributed by atoms with Crippen molar-refractivity contribution in [2.45, 2.75) is 0 Å². The molecule has 12 heavy (non-hydrogen) atoms. The summed E-state index contributed by atoms with van der Waals surface area (Å²) in [6.45, 7) is 0. The zero-order valence-corrected chi connectivity index (χ0v) is 11.2. The number of halogens is 3. The molecule has 0 aliphatic carbocycles. The molecular formula is C6H3Cl3N2Zn+2. The fourth-order valence-electron chi connectivity index (χ4n) is 0.562. The molecule has 0 spiro atoms. The summed E-state index contributed by atoms with van der Waals surface area (Å²) in [4.78, 5) is 2.91. The molecule has 0 aliphatic heterocycles. The normalized spacial score (nSPS) is 7.42. The molecule has 0 amide bonds. The van der Waals surface area contributed by atoms with Crippen LogP contribution in [0.25, 0.3) is 4.98 Å². The second kappa shape index (κ2) is 6.63. The average Bonchev–Trinajstić information content (AvgIpc) is 1.94. The smallest absolute Gasteiger partial charge is 1.00 e. The first kappa shape index (κ1) is 14.6. The Labute approximate surface area is 99.0 Å². The molecule has 0 saturated heterocycles. The Morgan fingerprint density at radius 2 is 1.83 bits per heavy atom. The van der Waals surface area contributed by atoms with Crippen molar-refractivity contribution in [2.75, 3.05) is 0 Å². The summed E-state index contributed by atoms with van der Waals surface area (Å²) in [6.07, 6.45) is 0. The SMILES string of the molecule is N#[N+]c1cc(Cl)ccc1Cl.[Cl-].[Zn+2]. The molecule has 0 unspecified atom stereocenters. The largest absolute Gasteiger partial charge is 2.00 e. The van der Waals surface area contributed by atoms with E-state index in [1.807, 2.05) is 0 Å². The van der Waals surface area contributed by atoms with Gasteiger partial charge in [0.15, 0.2) is 4.98 Å². The summed E-state index contributed by atoms with van der Waals surface area (Å²) >= 11 is 11.1. The van der Waals surface area contributed by atoms with Crippen molar-refractivity contribution >= 4 is 28.9 Å². The molecule has 1 aromatic carbocycles. The number of benzene rings is 1. The minimum Gasteiger partial charge on any atom is -1.00 e. The Balaban J connectivity index is 0. The van der Waals surface area contributed by atoms with E-state index < -0.39 is 0 Å². The van der Waals surface area contributed by atoms with Crippen molar-refractivity contribution < 1.29 is 31.9 Å². The molecule has 0 bridgehead atoms. The van der Waals surface area contributed by atoms with Crippen molar-refractivity contribution in [1.29, 1.82) is 5.39 Å². The average molecular weight is 275 g/mol. The van der Waals surface area contributed by atoms with Crippen LogP contribution in [0.4, 0.5) is 5.69 Å². The van der Waals surface area contributed by atoms with E-state index >= 15 is 0 Å². The fourth-order valence-corrected chi connectivity index (χ4v) is 0.884. The van der Waals surface area contributed by atoms with Crippen molar-refractivity contribution in [3.63, 3.8) is 0 Å². The van der Waals surface area contributed by atoms with Gasteiger partial charge in [0.25, 0.3) is 0 Å². The molecule has 1 aromatic rings. The van der Waals surface area contributed by atoms with Crippen LogP contribution in [0, 0.1) is 5.39 Å². The van der Waals surface area contributed by atoms with Crippen LogP contribution in [0.2, 0.25) is 10.0 Å². The molecule has 0 radical (unpaired) electrons. The number of nitrogens with zero attached hydrogens (tertiary/aromatic N) is 2. The molecule has 0 atom stereocenters. The second-order valence-electron chi connectivity index (χ2n) is 1.70. The van der Waals surface area contributed by atoms with Crippen LogP contribution in [0.15, 0.2) is 18.2 Å². The van der Waals surface area contributed by atoms with Gasteiger partial charge >= 0.3 is 25.2 Å². The number of hydrogen-bond donors (Lipinski definition) is 0. The van der Waals surface area contributed by atoms with Crippen LogP contribution in [0.1, 0.15) is 0 Å². The summed E-state index contributed by atoms with van der Waals surface area (Å²) in [6, 6.07) is 4.67. The summed E-state index contributed by atoms with van der Waals surface area (Å²) in [5, 5.41) is 9.20. The second-order valence-corrected chi connectivity index (χ2v) is 2.54. The Hall–Kier alpha value is 0.133. The van der Waals surface area contributed by atoms with Gasteiger partial charge in [-0.15, -0.1) is 0 Å². The molecule has 0 aromatic heterocycles. The predicted molar refractivity (Wildman–Crippen MR) is 41.2 cm³/mol. The van der Waals surface area contributed by atoms with Crippen LogP contribution in [0.5, 0.6) is 0 Å². The van der Waals surface area contributed by atoms with Crippen LogP contribution in [-0.4, -0.2) is 0 Å². The van der Waals surface area contributed by atoms with E-state index in [2.05, 4.69) is 4.98 Å². The molecule has 0 heterocycles. The summed E-state index contributed by atoms with van der Waals surface area (Å²) in [5.74, 6) is 0. The number of diazo groups is 1. The van der Waals surface area contributed by atoms with Crippen molar-refractivity contribution in [3.8, 4) is 0 Å². The third-order valence-electron chi connectivity index (χ3n) is 1.02. The van der Waals surface area contributed by atoms with E-state index in [4.69, 9.17) is 28.6 Å². The maximum atomic E-state index is 8.32. The fraction of sp³-hybridized carbons (Fsp3) is 0. The van der Waals surface area contributed by atoms with Gasteiger partial charge in [-0.1, -0.05) is 23.2 Å². The first-order valence-electron chi connectivity index (χ1n) is 2.54. The van der Waals surface area contributed by atoms with Gasteiger partial charge in [0.2, 0.25) is 5.39 Å². The summed E-state index contributed by atoms with van der Waals surface area (Å²) in [7, 11) is 0. The summed E-state index contributed by atoms with van der Waals surface area (Å²) < 4.78 is 0. The van der Waals surface area contributed by atoms with Gasteiger partial charge in [-0.2, -0.15) is 0 Å². The quantitative estimate of drug-likeness (QED) is 0.500. The molecule has 0 fully saturated rings. The van der Waals surface area contributed by atoms with E-state index in [-0.39, 0.29) is 37.6 Å². The molecule has 0 saturated carbocycles. The summed E-state index contributed by atoms with van der Waals surface area (Å²) in [5.41, 5.74) is 0.286. The zero-order valence-electron chi connectivity index (χ0n) is 5.97. The molecule has 2 nitrogen and oxygen atoms in total. The zero-order chi connectivity index (χ0) is 7.56. The van der Waals surface area contributed by atoms with E-state index in [0.29, 0.717) is 10.0 Å². The van der Waals surface area contributed by atoms with Gasteiger partial charge in [0.05, 0.1) is 6.07 Å². The van der Waals surface area contributed by atoms with Crippen LogP contribution < -0.4 is 12.4 Å². The third kappa shape index (κ3) is 3.69. The Morgan fingerprint density at radius 3 is 2.25 bits per heavy atom. The van der Waals surface area contributed by atoms with Crippen LogP contribution in [0.3, 0.4) is 0 Å². The molecule has 0 N–H and O–H groups in total. The molecule has 1 rings (SSSR count). The maximum absolute atomic E-state index is 8.32. The van der Waals surface area contributed by atoms with Gasteiger partial charge in [-0.25, -0.2) is 0 Å². The third-order valence-corrected chi connectivity index (χ3v) is 1.57. The molecular weight excluding hydrogens is 272 g/mol. The van der Waals surface area contributed by atoms with Crippen LogP contribution >= 0.6 is 23.2 Å². The minimum absolute atomic E-state index is 0. The van der Waals surface area contributed by atoms with Gasteiger partial charge in [0, 0.05) is 5.02 Å². The topological polar surface area (TPSA) is 28.1 Å². The molecule has 6 heteroatoms. The van der Waals surface area contributed by atoms with Crippen molar-refractivity contribution in [2.24, 2.45) is 0 Å². The Kier molecular flexibility index (Phi) is 8.09. The standard InChI is InChI=1S/C6H3Cl2N2.ClH.Zn/c7-4-1-2-5(8)6(3-4)10-9;;/h1-3H;1H;/q+1;;+2/p-1. The molecule has 0 aliphatic rings. The van der Waals surface area contributed by atoms with E-state index in [1.165, 1.54) is 6.07 Å². The Bertz CT molecular complexity index is 297. The number of rotatable bonds is 0. The maximum Gasteiger partial charge on any atom is 2.00 e. The van der Waals surface area contributed by atoms with Crippen molar-refractivity contribution in [1.82, 2.24) is 0 Å². The predicted octanol–water partition coefficient (Wildman–Crippen LogP) is 0.479. The van der Waals surface area contributed by atoms with Crippen molar-refractivity contribution in [3.05, 3.63) is 33.2 Å². The van der Waals surface area contributed by atoms with Gasteiger partial charge in [-0.05, 0) is 12.1 Å². The first-order chi connectivity index (χ1) is 4.74. The van der Waals surface area contributed by atoms with Gasteiger partial charge < -0.3 is 12.4 Å². The van der Waals surface area contributed by atoms with E-state index in [9.17, 15) is 0 Å². The monoisotopic (exact) mass is 272 g/mol. The van der Waals surface area contributed by atoms with Crippen LogP contribution in [-0.2, 0) is 19.5 Å². The van der Waals surface area contributed by atoms with E-state index in [0.717, 1.165) is 0 Å². The van der Waals surface area contributed by atoms with Gasteiger partial charge in [0.1, 0.15) is 5.02 Å². The minimum atomic E-state index is 0. The molecule has 58 valence electrons.